The Morgan fingerprint density at radius 1 is 1.18 bits per heavy atom. The molecule has 1 aliphatic heterocycles. The molecule has 0 radical (unpaired) electrons. The molecule has 214 valence electrons. The summed E-state index contributed by atoms with van der Waals surface area (Å²) in [5.41, 5.74) is -1.33. The number of ketones is 1. The number of aromatic nitrogens is 1. The van der Waals surface area contributed by atoms with E-state index in [0.717, 1.165) is 12.3 Å². The Bertz CT molecular complexity index is 1340. The molecule has 4 N–H and O–H groups in total. The molecule has 2 aromatic rings. The molecule has 1 aromatic heterocycles. The maximum Gasteiger partial charge on any atom is 0.433 e. The second kappa shape index (κ2) is 12.5. The third-order valence-electron chi connectivity index (χ3n) is 6.44. The van der Waals surface area contributed by atoms with Gasteiger partial charge >= 0.3 is 6.18 Å². The van der Waals surface area contributed by atoms with E-state index in [2.05, 4.69) is 26.3 Å². The van der Waals surface area contributed by atoms with Crippen LogP contribution in [-0.4, -0.2) is 53.5 Å². The monoisotopic (exact) mass is 581 g/mol. The average Bonchev–Trinajstić information content (AvgIpc) is 3.23. The van der Waals surface area contributed by atoms with Gasteiger partial charge in [-0.2, -0.15) is 13.2 Å². The molecule has 4 atom stereocenters. The van der Waals surface area contributed by atoms with Crippen molar-refractivity contribution in [3.05, 3.63) is 58.4 Å². The highest BCUT2D eigenvalue weighted by Gasteiger charge is 2.37. The van der Waals surface area contributed by atoms with Crippen LogP contribution in [0.1, 0.15) is 54.2 Å². The highest BCUT2D eigenvalue weighted by atomic mass is 35.5. The molecule has 1 aromatic carbocycles. The number of rotatable bonds is 9. The zero-order valence-corrected chi connectivity index (χ0v) is 22.4. The van der Waals surface area contributed by atoms with Crippen LogP contribution < -0.4 is 21.3 Å². The van der Waals surface area contributed by atoms with Crippen molar-refractivity contribution in [1.29, 1.82) is 0 Å². The summed E-state index contributed by atoms with van der Waals surface area (Å²) in [4.78, 5) is 66.6. The van der Waals surface area contributed by atoms with Gasteiger partial charge in [0.25, 0.3) is 11.8 Å². The second-order valence-corrected chi connectivity index (χ2v) is 9.86. The van der Waals surface area contributed by atoms with Gasteiger partial charge in [0.15, 0.2) is 0 Å². The summed E-state index contributed by atoms with van der Waals surface area (Å²) in [6.45, 7) is 3.16. The van der Waals surface area contributed by atoms with Crippen LogP contribution in [-0.2, 0) is 25.4 Å². The van der Waals surface area contributed by atoms with E-state index in [1.165, 1.54) is 38.2 Å². The van der Waals surface area contributed by atoms with Crippen molar-refractivity contribution in [2.45, 2.75) is 50.9 Å². The highest BCUT2D eigenvalue weighted by Crippen LogP contribution is 2.30. The molecule has 2 heterocycles. The van der Waals surface area contributed by atoms with Gasteiger partial charge in [0.05, 0.1) is 23.2 Å². The second-order valence-electron chi connectivity index (χ2n) is 9.42. The van der Waals surface area contributed by atoms with Crippen molar-refractivity contribution in [3.8, 4) is 0 Å². The maximum absolute atomic E-state index is 13.3. The molecular weight excluding hydrogens is 555 g/mol. The first-order valence-electron chi connectivity index (χ1n) is 12.2. The molecule has 4 amide bonds. The zero-order chi connectivity index (χ0) is 29.8. The van der Waals surface area contributed by atoms with E-state index in [1.54, 1.807) is 6.92 Å². The molecule has 0 aliphatic carbocycles. The van der Waals surface area contributed by atoms with E-state index in [9.17, 15) is 37.1 Å². The number of alkyl halides is 3. The summed E-state index contributed by atoms with van der Waals surface area (Å²) in [7, 11) is 1.25. The lowest BCUT2D eigenvalue weighted by molar-refractivity contribution is -0.141. The van der Waals surface area contributed by atoms with Gasteiger partial charge in [0.2, 0.25) is 17.6 Å². The van der Waals surface area contributed by atoms with Crippen LogP contribution in [0.3, 0.4) is 0 Å². The number of nitrogens with one attached hydrogen (secondary N) is 4. The Balaban J connectivity index is 1.84. The van der Waals surface area contributed by atoms with Crippen LogP contribution in [0.2, 0.25) is 5.02 Å². The minimum absolute atomic E-state index is 0.0396. The Hall–Kier alpha value is -4.00. The maximum atomic E-state index is 13.3. The predicted octanol–water partition coefficient (Wildman–Crippen LogP) is 2.82. The standard InChI is InChI=1S/C26H27ClF3N5O5/c1-12-8-15(23(38)33-12)9-19(21(36)25(40)31-3)35-24(39)17-11-16(27)4-5-18(17)34-22(37)13(2)14-6-7-32-20(10-14)26(28,29)30/h4-7,10-13,15,19H,8-9H2,1-3H3,(H,31,40)(H,33,38)(H,34,37)(H,35,39)/t12-,13?,15+,19+/m1/s1. The van der Waals surface area contributed by atoms with Gasteiger partial charge in [0, 0.05) is 30.2 Å². The smallest absolute Gasteiger partial charge is 0.353 e. The SMILES string of the molecule is CNC(=O)C(=O)[C@H](C[C@@H]1C[C@@H](C)NC1=O)NC(=O)c1cc(Cl)ccc1NC(=O)C(C)c1ccnc(C(F)(F)F)c1. The van der Waals surface area contributed by atoms with Gasteiger partial charge in [-0.15, -0.1) is 0 Å². The Labute approximate surface area is 232 Å². The third kappa shape index (κ3) is 7.34. The third-order valence-corrected chi connectivity index (χ3v) is 6.68. The van der Waals surface area contributed by atoms with Crippen LogP contribution in [0.4, 0.5) is 18.9 Å². The molecule has 0 bridgehead atoms. The number of hydrogen-bond acceptors (Lipinski definition) is 6. The number of nitrogens with zero attached hydrogens (tertiary/aromatic N) is 1. The van der Waals surface area contributed by atoms with Crippen LogP contribution in [0, 0.1) is 5.92 Å². The van der Waals surface area contributed by atoms with Crippen molar-refractivity contribution in [2.24, 2.45) is 5.92 Å². The molecule has 1 unspecified atom stereocenters. The lowest BCUT2D eigenvalue weighted by Crippen LogP contribution is -2.48. The number of likely N-dealkylation sites (N-methyl/N-ethyl adjacent to an activating group) is 1. The fraction of sp³-hybridized carbons (Fsp3) is 0.385. The van der Waals surface area contributed by atoms with Gasteiger partial charge in [-0.3, -0.25) is 29.0 Å². The van der Waals surface area contributed by atoms with E-state index in [1.807, 2.05) is 0 Å². The number of anilines is 1. The largest absolute Gasteiger partial charge is 0.433 e. The fourth-order valence-corrected chi connectivity index (χ4v) is 4.44. The van der Waals surface area contributed by atoms with E-state index in [0.29, 0.717) is 6.42 Å². The Morgan fingerprint density at radius 2 is 1.88 bits per heavy atom. The minimum atomic E-state index is -4.70. The Kier molecular flexibility index (Phi) is 9.51. The van der Waals surface area contributed by atoms with Crippen LogP contribution in [0.5, 0.6) is 0 Å². The molecule has 0 saturated carbocycles. The number of Topliss-reactive ketones (excluding diaryl/α,β-unsaturated/α-hetero) is 1. The van der Waals surface area contributed by atoms with Gasteiger partial charge in [0.1, 0.15) is 5.69 Å². The molecule has 1 saturated heterocycles. The van der Waals surface area contributed by atoms with E-state index >= 15 is 0 Å². The first-order chi connectivity index (χ1) is 18.7. The van der Waals surface area contributed by atoms with Gasteiger partial charge in [-0.05, 0) is 62.6 Å². The Morgan fingerprint density at radius 3 is 2.48 bits per heavy atom. The first kappa shape index (κ1) is 30.5. The lowest BCUT2D eigenvalue weighted by Gasteiger charge is -2.21. The topological polar surface area (TPSA) is 146 Å². The van der Waals surface area contributed by atoms with Gasteiger partial charge in [-0.1, -0.05) is 11.6 Å². The molecule has 14 heteroatoms. The number of halogens is 4. The molecule has 10 nitrogen and oxygen atoms in total. The van der Waals surface area contributed by atoms with Crippen LogP contribution in [0.25, 0.3) is 0 Å². The minimum Gasteiger partial charge on any atom is -0.353 e. The quantitative estimate of drug-likeness (QED) is 0.335. The number of benzene rings is 1. The molecule has 3 rings (SSSR count). The van der Waals surface area contributed by atoms with E-state index < -0.39 is 53.3 Å². The predicted molar refractivity (Wildman–Crippen MR) is 138 cm³/mol. The van der Waals surface area contributed by atoms with Crippen molar-refractivity contribution in [2.75, 3.05) is 12.4 Å². The summed E-state index contributed by atoms with van der Waals surface area (Å²) < 4.78 is 39.2. The van der Waals surface area contributed by atoms with Crippen molar-refractivity contribution < 1.29 is 37.1 Å². The number of hydrogen-bond donors (Lipinski definition) is 4. The zero-order valence-electron chi connectivity index (χ0n) is 21.7. The van der Waals surface area contributed by atoms with E-state index in [-0.39, 0.29) is 40.2 Å². The summed E-state index contributed by atoms with van der Waals surface area (Å²) in [5, 5.41) is 10.00. The summed E-state index contributed by atoms with van der Waals surface area (Å²) in [6, 6.07) is 4.43. The number of carbonyl (C=O) groups excluding carboxylic acids is 5. The molecular formula is C26H27ClF3N5O5. The molecule has 1 fully saturated rings. The van der Waals surface area contributed by atoms with Crippen molar-refractivity contribution in [1.82, 2.24) is 20.9 Å². The summed E-state index contributed by atoms with van der Waals surface area (Å²) in [6.07, 6.45) is -3.50. The number of amides is 4. The number of pyridine rings is 1. The summed E-state index contributed by atoms with van der Waals surface area (Å²) in [5.74, 6) is -5.56. The van der Waals surface area contributed by atoms with Crippen molar-refractivity contribution in [3.63, 3.8) is 0 Å². The highest BCUT2D eigenvalue weighted by molar-refractivity contribution is 6.38. The normalized spacial score (nSPS) is 18.3. The molecule has 1 aliphatic rings. The molecule has 40 heavy (non-hydrogen) atoms. The van der Waals surface area contributed by atoms with Gasteiger partial charge < -0.3 is 21.3 Å². The lowest BCUT2D eigenvalue weighted by atomic mass is 9.93. The van der Waals surface area contributed by atoms with Gasteiger partial charge in [-0.25, -0.2) is 0 Å². The van der Waals surface area contributed by atoms with Crippen LogP contribution in [0.15, 0.2) is 36.5 Å². The first-order valence-corrected chi connectivity index (χ1v) is 12.6. The fourth-order valence-electron chi connectivity index (χ4n) is 4.27. The molecule has 0 spiro atoms. The van der Waals surface area contributed by atoms with Crippen molar-refractivity contribution >= 4 is 46.7 Å². The average molecular weight is 582 g/mol. The van der Waals surface area contributed by atoms with Crippen LogP contribution >= 0.6 is 11.6 Å². The number of carbonyl (C=O) groups is 5. The van der Waals surface area contributed by atoms with E-state index in [4.69, 9.17) is 11.6 Å². The summed E-state index contributed by atoms with van der Waals surface area (Å²) >= 11 is 6.07.